The van der Waals surface area contributed by atoms with Crippen LogP contribution < -0.4 is 21.3 Å². The number of halogens is 3. The summed E-state index contributed by atoms with van der Waals surface area (Å²) in [5.74, 6) is -1.01. The average molecular weight is 994 g/mol. The molecular weight excluding hydrogens is 939 g/mol. The van der Waals surface area contributed by atoms with Gasteiger partial charge in [-0.2, -0.15) is 0 Å². The SMILES string of the molecule is CCN(CC)CCCNC(=O)c1cc(F)ccc1Nc1ccc(I)cc1C.CCN(CC)CCCNC(=O)c1cc([N+](=O)[O-])ccc1Nc1ccc(I)cc1C. The number of hydrogen-bond donors (Lipinski definition) is 4. The first kappa shape index (κ1) is 46.5. The van der Waals surface area contributed by atoms with Gasteiger partial charge >= 0.3 is 0 Å². The van der Waals surface area contributed by atoms with Gasteiger partial charge in [0.25, 0.3) is 17.5 Å². The van der Waals surface area contributed by atoms with E-state index >= 15 is 0 Å². The Morgan fingerprint density at radius 1 is 0.643 bits per heavy atom. The van der Waals surface area contributed by atoms with Crippen LogP contribution in [0.2, 0.25) is 0 Å². The van der Waals surface area contributed by atoms with Gasteiger partial charge in [0, 0.05) is 43.7 Å². The van der Waals surface area contributed by atoms with E-state index in [9.17, 15) is 24.1 Å². The molecule has 56 heavy (non-hydrogen) atoms. The highest BCUT2D eigenvalue weighted by atomic mass is 127. The maximum absolute atomic E-state index is 13.7. The lowest BCUT2D eigenvalue weighted by Gasteiger charge is -2.18. The molecule has 0 aromatic heterocycles. The number of nitrogens with one attached hydrogen (secondary N) is 4. The van der Waals surface area contributed by atoms with Gasteiger partial charge in [-0.25, -0.2) is 4.39 Å². The van der Waals surface area contributed by atoms with Crippen molar-refractivity contribution in [2.24, 2.45) is 0 Å². The molecule has 4 aromatic rings. The number of nitro benzene ring substituents is 1. The largest absolute Gasteiger partial charge is 0.355 e. The maximum Gasteiger partial charge on any atom is 0.270 e. The van der Waals surface area contributed by atoms with E-state index in [2.05, 4.69) is 110 Å². The lowest BCUT2D eigenvalue weighted by molar-refractivity contribution is -0.384. The Labute approximate surface area is 358 Å². The van der Waals surface area contributed by atoms with Crippen LogP contribution >= 0.6 is 45.2 Å². The summed E-state index contributed by atoms with van der Waals surface area (Å²) in [6.45, 7) is 19.3. The van der Waals surface area contributed by atoms with Crippen LogP contribution in [0.15, 0.2) is 72.8 Å². The van der Waals surface area contributed by atoms with Crippen molar-refractivity contribution in [2.75, 3.05) is 63.0 Å². The standard InChI is InChI=1S/C21H27FIN3O.C21H27IN4O3/c1-4-26(5-2)12-6-11-24-21(27)18-14-16(22)7-9-20(18)25-19-10-8-17(23)13-15(19)3;1-4-25(5-2)12-6-11-23-21(27)18-14-17(26(28)29)8-10-20(18)24-19-9-7-16(22)13-15(19)3/h7-10,13-14,25H,4-6,11-12H2,1-3H3,(H,24,27);7-10,13-14,24H,4-6,11-12H2,1-3H3,(H,23,27). The minimum Gasteiger partial charge on any atom is -0.355 e. The monoisotopic (exact) mass is 993 g/mol. The van der Waals surface area contributed by atoms with Crippen molar-refractivity contribution in [1.82, 2.24) is 20.4 Å². The van der Waals surface area contributed by atoms with E-state index < -0.39 is 10.7 Å². The average Bonchev–Trinajstić information content (AvgIpc) is 3.17. The summed E-state index contributed by atoms with van der Waals surface area (Å²) in [5, 5.41) is 23.5. The molecule has 0 unspecified atom stereocenters. The zero-order valence-corrected chi connectivity index (χ0v) is 37.4. The maximum atomic E-state index is 13.7. The third-order valence-corrected chi connectivity index (χ3v) is 10.6. The summed E-state index contributed by atoms with van der Waals surface area (Å²) in [7, 11) is 0. The third-order valence-electron chi connectivity index (χ3n) is 9.26. The van der Waals surface area contributed by atoms with Gasteiger partial charge in [-0.3, -0.25) is 19.7 Å². The summed E-state index contributed by atoms with van der Waals surface area (Å²) >= 11 is 4.50. The number of carbonyl (C=O) groups is 2. The molecule has 4 rings (SSSR count). The van der Waals surface area contributed by atoms with Crippen molar-refractivity contribution in [3.8, 4) is 0 Å². The first-order valence-corrected chi connectivity index (χ1v) is 21.1. The van der Waals surface area contributed by atoms with Crippen molar-refractivity contribution in [2.45, 2.75) is 54.4 Å². The molecule has 0 atom stereocenters. The summed E-state index contributed by atoms with van der Waals surface area (Å²) in [6, 6.07) is 20.5. The first-order chi connectivity index (χ1) is 26.8. The fraction of sp³-hybridized carbons (Fsp3) is 0.381. The molecule has 0 saturated carbocycles. The van der Waals surface area contributed by atoms with Crippen LogP contribution in [0.1, 0.15) is 72.4 Å². The highest BCUT2D eigenvalue weighted by Crippen LogP contribution is 2.28. The second kappa shape index (κ2) is 24.0. The normalized spacial score (nSPS) is 10.8. The van der Waals surface area contributed by atoms with E-state index in [1.54, 1.807) is 12.1 Å². The molecule has 4 N–H and O–H groups in total. The number of non-ortho nitro benzene ring substituents is 1. The number of rotatable bonds is 19. The zero-order chi connectivity index (χ0) is 41.2. The fourth-order valence-corrected chi connectivity index (χ4v) is 7.15. The Bertz CT molecular complexity index is 1920. The number of anilines is 4. The number of hydrogen-bond acceptors (Lipinski definition) is 8. The molecule has 0 aliphatic carbocycles. The van der Waals surface area contributed by atoms with Crippen LogP contribution in [0.4, 0.5) is 32.8 Å². The number of amides is 2. The van der Waals surface area contributed by atoms with Crippen LogP contribution in [-0.4, -0.2) is 78.9 Å². The minimum absolute atomic E-state index is 0.108. The Morgan fingerprint density at radius 3 is 1.46 bits per heavy atom. The van der Waals surface area contributed by atoms with Gasteiger partial charge in [0.2, 0.25) is 0 Å². The molecule has 0 aliphatic rings. The Balaban J connectivity index is 0.000000301. The quantitative estimate of drug-likeness (QED) is 0.0316. The van der Waals surface area contributed by atoms with Crippen molar-refractivity contribution >= 4 is 85.4 Å². The fourth-order valence-electron chi connectivity index (χ4n) is 5.86. The van der Waals surface area contributed by atoms with Gasteiger partial charge in [0.15, 0.2) is 0 Å². The van der Waals surface area contributed by atoms with Crippen LogP contribution in [-0.2, 0) is 0 Å². The summed E-state index contributed by atoms with van der Waals surface area (Å²) < 4.78 is 16.0. The molecule has 0 radical (unpaired) electrons. The number of aryl methyl sites for hydroxylation is 2. The van der Waals surface area contributed by atoms with E-state index in [0.717, 1.165) is 81.8 Å². The van der Waals surface area contributed by atoms with Gasteiger partial charge in [-0.05, 0) is 183 Å². The van der Waals surface area contributed by atoms with Gasteiger partial charge in [-0.1, -0.05) is 27.7 Å². The number of nitro groups is 1. The molecule has 4 aromatic carbocycles. The van der Waals surface area contributed by atoms with E-state index in [-0.39, 0.29) is 23.1 Å². The lowest BCUT2D eigenvalue weighted by Crippen LogP contribution is -2.30. The van der Waals surface area contributed by atoms with Crippen LogP contribution in [0.3, 0.4) is 0 Å². The van der Waals surface area contributed by atoms with Gasteiger partial charge in [0.1, 0.15) is 5.82 Å². The second-order valence-corrected chi connectivity index (χ2v) is 15.6. The lowest BCUT2D eigenvalue weighted by atomic mass is 10.1. The third kappa shape index (κ3) is 14.9. The van der Waals surface area contributed by atoms with Gasteiger partial charge in [0.05, 0.1) is 27.4 Å². The zero-order valence-electron chi connectivity index (χ0n) is 33.1. The van der Waals surface area contributed by atoms with Crippen molar-refractivity contribution in [3.05, 3.63) is 118 Å². The molecule has 11 nitrogen and oxygen atoms in total. The molecule has 0 aliphatic heterocycles. The van der Waals surface area contributed by atoms with Crippen molar-refractivity contribution < 1.29 is 18.9 Å². The van der Waals surface area contributed by atoms with Crippen molar-refractivity contribution in [3.63, 3.8) is 0 Å². The molecule has 0 spiro atoms. The molecule has 0 bridgehead atoms. The summed E-state index contributed by atoms with van der Waals surface area (Å²) in [6.07, 6.45) is 1.68. The Kier molecular flexibility index (Phi) is 20.0. The minimum atomic E-state index is -0.489. The van der Waals surface area contributed by atoms with Gasteiger partial charge in [-0.15, -0.1) is 0 Å². The molecule has 0 heterocycles. The first-order valence-electron chi connectivity index (χ1n) is 18.9. The molecule has 0 saturated heterocycles. The molecule has 14 heteroatoms. The Hall–Kier alpha value is -3.87. The molecular formula is C42H54FI2N7O4. The molecule has 0 fully saturated rings. The van der Waals surface area contributed by atoms with Crippen LogP contribution in [0.5, 0.6) is 0 Å². The smallest absolute Gasteiger partial charge is 0.270 e. The van der Waals surface area contributed by atoms with Crippen LogP contribution in [0, 0.1) is 36.9 Å². The van der Waals surface area contributed by atoms with E-state index in [4.69, 9.17) is 0 Å². The van der Waals surface area contributed by atoms with Crippen LogP contribution in [0.25, 0.3) is 0 Å². The van der Waals surface area contributed by atoms with Crippen molar-refractivity contribution in [1.29, 1.82) is 0 Å². The van der Waals surface area contributed by atoms with Gasteiger partial charge < -0.3 is 31.1 Å². The van der Waals surface area contributed by atoms with E-state index in [1.165, 1.54) is 24.3 Å². The topological polar surface area (TPSA) is 132 Å². The molecule has 2 amide bonds. The predicted octanol–water partition coefficient (Wildman–Crippen LogP) is 9.66. The number of nitrogens with zero attached hydrogens (tertiary/aromatic N) is 3. The Morgan fingerprint density at radius 2 is 1.05 bits per heavy atom. The number of benzene rings is 4. The summed E-state index contributed by atoms with van der Waals surface area (Å²) in [5.41, 5.74) is 5.46. The predicted molar refractivity (Wildman–Crippen MR) is 243 cm³/mol. The second-order valence-electron chi connectivity index (χ2n) is 13.1. The number of carbonyl (C=O) groups excluding carboxylic acids is 2. The summed E-state index contributed by atoms with van der Waals surface area (Å²) in [4.78, 5) is 40.6. The van der Waals surface area contributed by atoms with E-state index in [0.29, 0.717) is 30.0 Å². The molecule has 302 valence electrons. The van der Waals surface area contributed by atoms with E-state index in [1.807, 2.05) is 44.2 Å². The highest BCUT2D eigenvalue weighted by molar-refractivity contribution is 14.1. The highest BCUT2D eigenvalue weighted by Gasteiger charge is 2.18.